The number of hydrogen-bond donors (Lipinski definition) is 1. The van der Waals surface area contributed by atoms with Crippen LogP contribution in [0.25, 0.3) is 0 Å². The van der Waals surface area contributed by atoms with Gasteiger partial charge in [-0.25, -0.2) is 0 Å². The van der Waals surface area contributed by atoms with Crippen molar-refractivity contribution < 1.29 is 9.47 Å². The molecule has 3 heteroatoms. The highest BCUT2D eigenvalue weighted by Crippen LogP contribution is 2.24. The Kier molecular flexibility index (Phi) is 3.77. The van der Waals surface area contributed by atoms with Crippen LogP contribution in [0.1, 0.15) is 19.4 Å². The Bertz CT molecular complexity index is 359. The molecule has 2 rings (SSSR count). The van der Waals surface area contributed by atoms with Crippen LogP contribution in [0.5, 0.6) is 5.75 Å². The third-order valence-corrected chi connectivity index (χ3v) is 2.95. The predicted octanol–water partition coefficient (Wildman–Crippen LogP) is 2.95. The first-order chi connectivity index (χ1) is 7.65. The Morgan fingerprint density at radius 3 is 2.88 bits per heavy atom. The average Bonchev–Trinajstić information content (AvgIpc) is 3.02. The number of epoxide rings is 1. The Labute approximate surface area is 102 Å². The van der Waals surface area contributed by atoms with Crippen molar-refractivity contribution in [3.05, 3.63) is 23.8 Å². The number of hydrogen-bond acceptors (Lipinski definition) is 3. The van der Waals surface area contributed by atoms with Crippen molar-refractivity contribution in [2.45, 2.75) is 31.3 Å². The molecule has 0 saturated carbocycles. The van der Waals surface area contributed by atoms with Crippen LogP contribution in [0.2, 0.25) is 0 Å². The first-order valence-corrected chi connectivity index (χ1v) is 6.16. The largest absolute Gasteiger partial charge is 0.491 e. The molecule has 1 heterocycles. The fourth-order valence-corrected chi connectivity index (χ4v) is 1.84. The summed E-state index contributed by atoms with van der Waals surface area (Å²) in [6.07, 6.45) is 1.35. The lowest BCUT2D eigenvalue weighted by atomic mass is 10.0. The number of rotatable bonds is 5. The molecule has 1 atom stereocenters. The van der Waals surface area contributed by atoms with Crippen LogP contribution < -0.4 is 4.74 Å². The van der Waals surface area contributed by atoms with Crippen molar-refractivity contribution in [3.8, 4) is 5.75 Å². The summed E-state index contributed by atoms with van der Waals surface area (Å²) in [6, 6.07) is 6.06. The topological polar surface area (TPSA) is 21.8 Å². The van der Waals surface area contributed by atoms with Crippen LogP contribution >= 0.6 is 12.6 Å². The SMILES string of the molecule is CC(C)Cc1cc(OCC2CO2)ccc1S. The van der Waals surface area contributed by atoms with E-state index in [1.165, 1.54) is 5.56 Å². The molecule has 0 spiro atoms. The average molecular weight is 238 g/mol. The van der Waals surface area contributed by atoms with Crippen LogP contribution in [0, 0.1) is 5.92 Å². The van der Waals surface area contributed by atoms with E-state index in [0.717, 1.165) is 23.7 Å². The molecule has 1 fully saturated rings. The molecule has 1 aliphatic rings. The van der Waals surface area contributed by atoms with Crippen molar-refractivity contribution in [1.82, 2.24) is 0 Å². The van der Waals surface area contributed by atoms with Gasteiger partial charge in [-0.3, -0.25) is 0 Å². The fraction of sp³-hybridized carbons (Fsp3) is 0.538. The van der Waals surface area contributed by atoms with Crippen LogP contribution in [-0.2, 0) is 11.2 Å². The lowest BCUT2D eigenvalue weighted by Crippen LogP contribution is -2.04. The molecule has 1 unspecified atom stereocenters. The van der Waals surface area contributed by atoms with Gasteiger partial charge in [-0.15, -0.1) is 12.6 Å². The second-order valence-electron chi connectivity index (χ2n) is 4.65. The number of ether oxygens (including phenoxy) is 2. The van der Waals surface area contributed by atoms with Gasteiger partial charge in [0.05, 0.1) is 6.61 Å². The molecule has 0 radical (unpaired) electrons. The summed E-state index contributed by atoms with van der Waals surface area (Å²) < 4.78 is 10.8. The highest BCUT2D eigenvalue weighted by Gasteiger charge is 2.23. The summed E-state index contributed by atoms with van der Waals surface area (Å²) >= 11 is 4.46. The van der Waals surface area contributed by atoms with Gasteiger partial charge in [0, 0.05) is 4.90 Å². The van der Waals surface area contributed by atoms with Crippen molar-refractivity contribution >= 4 is 12.6 Å². The molecule has 1 aromatic rings. The minimum atomic E-state index is 0.309. The minimum Gasteiger partial charge on any atom is -0.491 e. The van der Waals surface area contributed by atoms with E-state index in [9.17, 15) is 0 Å². The first kappa shape index (κ1) is 11.8. The normalized spacial score (nSPS) is 18.9. The Balaban J connectivity index is 2.01. The highest BCUT2D eigenvalue weighted by atomic mass is 32.1. The fourth-order valence-electron chi connectivity index (χ4n) is 1.61. The molecule has 88 valence electrons. The highest BCUT2D eigenvalue weighted by molar-refractivity contribution is 7.80. The van der Waals surface area contributed by atoms with E-state index in [1.54, 1.807) is 0 Å². The molecule has 2 nitrogen and oxygen atoms in total. The lowest BCUT2D eigenvalue weighted by molar-refractivity contribution is 0.262. The Morgan fingerprint density at radius 1 is 1.50 bits per heavy atom. The van der Waals surface area contributed by atoms with Gasteiger partial charge in [0.25, 0.3) is 0 Å². The number of thiol groups is 1. The van der Waals surface area contributed by atoms with E-state index >= 15 is 0 Å². The standard InChI is InChI=1S/C13H18O2S/c1-9(2)5-10-6-11(3-4-13(10)16)14-7-12-8-15-12/h3-4,6,9,12,16H,5,7-8H2,1-2H3. The van der Waals surface area contributed by atoms with Gasteiger partial charge in [0.2, 0.25) is 0 Å². The Morgan fingerprint density at radius 2 is 2.25 bits per heavy atom. The molecule has 16 heavy (non-hydrogen) atoms. The Hall–Kier alpha value is -0.670. The summed E-state index contributed by atoms with van der Waals surface area (Å²) in [5.41, 5.74) is 1.26. The first-order valence-electron chi connectivity index (χ1n) is 5.71. The molecule has 0 amide bonds. The zero-order valence-corrected chi connectivity index (χ0v) is 10.7. The van der Waals surface area contributed by atoms with Gasteiger partial charge in [-0.05, 0) is 36.1 Å². The molecule has 1 saturated heterocycles. The van der Waals surface area contributed by atoms with Crippen LogP contribution in [0.3, 0.4) is 0 Å². The van der Waals surface area contributed by atoms with E-state index < -0.39 is 0 Å². The molecule has 0 aromatic heterocycles. The van der Waals surface area contributed by atoms with Crippen molar-refractivity contribution in [1.29, 1.82) is 0 Å². The molecular formula is C13H18O2S. The second kappa shape index (κ2) is 5.11. The summed E-state index contributed by atoms with van der Waals surface area (Å²) in [5, 5.41) is 0. The third-order valence-electron chi connectivity index (χ3n) is 2.52. The van der Waals surface area contributed by atoms with E-state index in [0.29, 0.717) is 18.6 Å². The van der Waals surface area contributed by atoms with Gasteiger partial charge in [0.1, 0.15) is 18.5 Å². The molecule has 1 aromatic carbocycles. The van der Waals surface area contributed by atoms with E-state index in [1.807, 2.05) is 12.1 Å². The van der Waals surface area contributed by atoms with Gasteiger partial charge < -0.3 is 9.47 Å². The van der Waals surface area contributed by atoms with Crippen molar-refractivity contribution in [2.75, 3.05) is 13.2 Å². The smallest absolute Gasteiger partial charge is 0.119 e. The maximum Gasteiger partial charge on any atom is 0.119 e. The van der Waals surface area contributed by atoms with E-state index in [2.05, 4.69) is 32.5 Å². The van der Waals surface area contributed by atoms with Crippen LogP contribution in [0.4, 0.5) is 0 Å². The zero-order valence-electron chi connectivity index (χ0n) is 9.77. The lowest BCUT2D eigenvalue weighted by Gasteiger charge is -2.11. The van der Waals surface area contributed by atoms with Crippen molar-refractivity contribution in [2.24, 2.45) is 5.92 Å². The maximum atomic E-state index is 5.65. The maximum absolute atomic E-state index is 5.65. The molecule has 0 N–H and O–H groups in total. The zero-order chi connectivity index (χ0) is 11.5. The van der Waals surface area contributed by atoms with E-state index in [-0.39, 0.29) is 0 Å². The summed E-state index contributed by atoms with van der Waals surface area (Å²) in [7, 11) is 0. The van der Waals surface area contributed by atoms with Gasteiger partial charge in [-0.1, -0.05) is 13.8 Å². The van der Waals surface area contributed by atoms with Crippen LogP contribution in [0.15, 0.2) is 23.1 Å². The van der Waals surface area contributed by atoms with Crippen LogP contribution in [-0.4, -0.2) is 19.3 Å². The van der Waals surface area contributed by atoms with E-state index in [4.69, 9.17) is 9.47 Å². The minimum absolute atomic E-state index is 0.309. The quantitative estimate of drug-likeness (QED) is 0.629. The summed E-state index contributed by atoms with van der Waals surface area (Å²) in [6.45, 7) is 5.91. The number of benzene rings is 1. The van der Waals surface area contributed by atoms with Gasteiger partial charge in [-0.2, -0.15) is 0 Å². The second-order valence-corrected chi connectivity index (χ2v) is 5.14. The monoisotopic (exact) mass is 238 g/mol. The molecule has 1 aliphatic heterocycles. The molecule has 0 bridgehead atoms. The van der Waals surface area contributed by atoms with Crippen molar-refractivity contribution in [3.63, 3.8) is 0 Å². The molecular weight excluding hydrogens is 220 g/mol. The summed E-state index contributed by atoms with van der Waals surface area (Å²) in [4.78, 5) is 1.05. The van der Waals surface area contributed by atoms with Gasteiger partial charge in [0.15, 0.2) is 0 Å². The molecule has 0 aliphatic carbocycles. The third kappa shape index (κ3) is 3.42. The summed E-state index contributed by atoms with van der Waals surface area (Å²) in [5.74, 6) is 1.55. The van der Waals surface area contributed by atoms with Gasteiger partial charge >= 0.3 is 0 Å². The predicted molar refractivity (Wildman–Crippen MR) is 67.5 cm³/mol.